The van der Waals surface area contributed by atoms with Crippen LogP contribution in [0.5, 0.6) is 0 Å². The van der Waals surface area contributed by atoms with Crippen molar-refractivity contribution < 1.29 is 4.79 Å². The van der Waals surface area contributed by atoms with E-state index in [2.05, 4.69) is 15.6 Å². The zero-order chi connectivity index (χ0) is 9.97. The second-order valence-electron chi connectivity index (χ2n) is 3.53. The number of carbonyl (C=O) groups excluding carboxylic acids is 1. The molecule has 2 rings (SSSR count). The molecule has 1 aromatic rings. The third-order valence-electron chi connectivity index (χ3n) is 2.32. The summed E-state index contributed by atoms with van der Waals surface area (Å²) in [6.45, 7) is 2.78. The molecule has 0 radical (unpaired) electrons. The molecule has 2 N–H and O–H groups in total. The minimum absolute atomic E-state index is 0.0370. The van der Waals surface area contributed by atoms with Crippen molar-refractivity contribution in [2.75, 3.05) is 6.54 Å². The van der Waals surface area contributed by atoms with E-state index in [1.54, 1.807) is 12.4 Å². The summed E-state index contributed by atoms with van der Waals surface area (Å²) in [5.74, 6) is 0.0370. The Hall–Kier alpha value is -1.42. The molecule has 0 aliphatic carbocycles. The van der Waals surface area contributed by atoms with Gasteiger partial charge in [-0.05, 0) is 24.6 Å². The maximum Gasteiger partial charge on any atom is 0.241 e. The number of carbonyl (C=O) groups is 1. The number of rotatable bonds is 1. The molecule has 1 aromatic heterocycles. The third kappa shape index (κ3) is 1.75. The number of pyridine rings is 1. The van der Waals surface area contributed by atoms with E-state index in [4.69, 9.17) is 0 Å². The highest BCUT2D eigenvalue weighted by Gasteiger charge is 2.25. The van der Waals surface area contributed by atoms with Crippen molar-refractivity contribution >= 4 is 5.91 Å². The van der Waals surface area contributed by atoms with E-state index in [-0.39, 0.29) is 18.0 Å². The van der Waals surface area contributed by atoms with Crippen molar-refractivity contribution in [2.24, 2.45) is 0 Å². The molecule has 1 aliphatic heterocycles. The summed E-state index contributed by atoms with van der Waals surface area (Å²) >= 11 is 0. The molecule has 2 atom stereocenters. The standard InChI is InChI=1S/C10H13N3O/c1-7-6-12-9(10(14)13-7)8-2-4-11-5-3-8/h2-5,7,9,12H,6H2,1H3,(H,13,14)/t7-,9-/m0/s1. The van der Waals surface area contributed by atoms with Gasteiger partial charge in [0.15, 0.2) is 0 Å². The predicted octanol–water partition coefficient (Wildman–Crippen LogP) is 0.231. The van der Waals surface area contributed by atoms with Gasteiger partial charge in [0.2, 0.25) is 5.91 Å². The molecule has 2 heterocycles. The van der Waals surface area contributed by atoms with Crippen LogP contribution >= 0.6 is 0 Å². The molecule has 1 saturated heterocycles. The van der Waals surface area contributed by atoms with Crippen LogP contribution in [0, 0.1) is 0 Å². The minimum atomic E-state index is -0.228. The summed E-state index contributed by atoms with van der Waals surface area (Å²) in [5, 5.41) is 6.10. The maximum atomic E-state index is 11.6. The van der Waals surface area contributed by atoms with Gasteiger partial charge in [-0.3, -0.25) is 9.78 Å². The summed E-state index contributed by atoms with van der Waals surface area (Å²) in [4.78, 5) is 15.5. The lowest BCUT2D eigenvalue weighted by molar-refractivity contribution is -0.125. The average Bonchev–Trinajstić information content (AvgIpc) is 2.19. The first-order valence-corrected chi connectivity index (χ1v) is 4.71. The first-order chi connectivity index (χ1) is 6.77. The molecule has 74 valence electrons. The normalized spacial score (nSPS) is 27.1. The van der Waals surface area contributed by atoms with Crippen LogP contribution < -0.4 is 10.6 Å². The SMILES string of the molecule is C[C@H]1CN[C@@H](c2ccncc2)C(=O)N1. The molecular weight excluding hydrogens is 178 g/mol. The molecule has 1 amide bonds. The van der Waals surface area contributed by atoms with E-state index < -0.39 is 0 Å². The van der Waals surface area contributed by atoms with E-state index in [9.17, 15) is 4.79 Å². The summed E-state index contributed by atoms with van der Waals surface area (Å²) in [6.07, 6.45) is 3.39. The second-order valence-corrected chi connectivity index (χ2v) is 3.53. The Kier molecular flexibility index (Phi) is 2.45. The number of hydrogen-bond acceptors (Lipinski definition) is 3. The third-order valence-corrected chi connectivity index (χ3v) is 2.32. The number of aromatic nitrogens is 1. The number of piperazine rings is 1. The van der Waals surface area contributed by atoms with Crippen molar-refractivity contribution in [3.63, 3.8) is 0 Å². The number of nitrogens with zero attached hydrogens (tertiary/aromatic N) is 1. The molecule has 0 aromatic carbocycles. The molecule has 14 heavy (non-hydrogen) atoms. The smallest absolute Gasteiger partial charge is 0.241 e. The van der Waals surface area contributed by atoms with Gasteiger partial charge < -0.3 is 10.6 Å². The van der Waals surface area contributed by atoms with Gasteiger partial charge in [-0.25, -0.2) is 0 Å². The Morgan fingerprint density at radius 1 is 1.43 bits per heavy atom. The monoisotopic (exact) mass is 191 g/mol. The second kappa shape index (κ2) is 3.75. The van der Waals surface area contributed by atoms with Crippen molar-refractivity contribution in [1.29, 1.82) is 0 Å². The fraction of sp³-hybridized carbons (Fsp3) is 0.400. The Bertz CT molecular complexity index is 325. The van der Waals surface area contributed by atoms with Crippen molar-refractivity contribution in [3.05, 3.63) is 30.1 Å². The van der Waals surface area contributed by atoms with Crippen LogP contribution in [0.2, 0.25) is 0 Å². The summed E-state index contributed by atoms with van der Waals surface area (Å²) < 4.78 is 0. The Morgan fingerprint density at radius 3 is 2.79 bits per heavy atom. The molecule has 1 fully saturated rings. The highest BCUT2D eigenvalue weighted by atomic mass is 16.2. The molecule has 4 nitrogen and oxygen atoms in total. The topological polar surface area (TPSA) is 54.0 Å². The van der Waals surface area contributed by atoms with E-state index in [1.807, 2.05) is 19.1 Å². The molecule has 1 aliphatic rings. The predicted molar refractivity (Wildman–Crippen MR) is 52.6 cm³/mol. The van der Waals surface area contributed by atoms with Crippen LogP contribution in [0.3, 0.4) is 0 Å². The van der Waals surface area contributed by atoms with E-state index >= 15 is 0 Å². The van der Waals surface area contributed by atoms with Gasteiger partial charge in [0.05, 0.1) is 0 Å². The lowest BCUT2D eigenvalue weighted by Gasteiger charge is -2.28. The van der Waals surface area contributed by atoms with Gasteiger partial charge in [0.25, 0.3) is 0 Å². The van der Waals surface area contributed by atoms with Crippen LogP contribution in [0.1, 0.15) is 18.5 Å². The maximum absolute atomic E-state index is 11.6. The molecule has 0 spiro atoms. The van der Waals surface area contributed by atoms with Gasteiger partial charge in [-0.15, -0.1) is 0 Å². The van der Waals surface area contributed by atoms with Crippen LogP contribution in [0.25, 0.3) is 0 Å². The molecule has 4 heteroatoms. The number of hydrogen-bond donors (Lipinski definition) is 2. The minimum Gasteiger partial charge on any atom is -0.351 e. The Balaban J connectivity index is 2.16. The fourth-order valence-electron chi connectivity index (χ4n) is 1.59. The fourth-order valence-corrected chi connectivity index (χ4v) is 1.59. The summed E-state index contributed by atoms with van der Waals surface area (Å²) in [5.41, 5.74) is 0.962. The Morgan fingerprint density at radius 2 is 2.14 bits per heavy atom. The van der Waals surface area contributed by atoms with Gasteiger partial charge in [-0.1, -0.05) is 0 Å². The van der Waals surface area contributed by atoms with E-state index in [1.165, 1.54) is 0 Å². The number of nitrogens with one attached hydrogen (secondary N) is 2. The van der Waals surface area contributed by atoms with Crippen molar-refractivity contribution in [3.8, 4) is 0 Å². The van der Waals surface area contributed by atoms with Crippen LogP contribution in [0.15, 0.2) is 24.5 Å². The van der Waals surface area contributed by atoms with Gasteiger partial charge >= 0.3 is 0 Å². The van der Waals surface area contributed by atoms with Gasteiger partial charge in [0, 0.05) is 25.0 Å². The quantitative estimate of drug-likeness (QED) is 0.668. The van der Waals surface area contributed by atoms with E-state index in [0.29, 0.717) is 0 Å². The van der Waals surface area contributed by atoms with Crippen molar-refractivity contribution in [1.82, 2.24) is 15.6 Å². The molecular formula is C10H13N3O. The number of amides is 1. The van der Waals surface area contributed by atoms with Crippen LogP contribution in [0.4, 0.5) is 0 Å². The molecule has 0 unspecified atom stereocenters. The highest BCUT2D eigenvalue weighted by molar-refractivity contribution is 5.84. The lowest BCUT2D eigenvalue weighted by Crippen LogP contribution is -2.52. The lowest BCUT2D eigenvalue weighted by atomic mass is 10.0. The van der Waals surface area contributed by atoms with E-state index in [0.717, 1.165) is 12.1 Å². The summed E-state index contributed by atoms with van der Waals surface area (Å²) in [7, 11) is 0. The molecule has 0 bridgehead atoms. The van der Waals surface area contributed by atoms with Gasteiger partial charge in [0.1, 0.15) is 6.04 Å². The van der Waals surface area contributed by atoms with Gasteiger partial charge in [-0.2, -0.15) is 0 Å². The summed E-state index contributed by atoms with van der Waals surface area (Å²) in [6, 6.07) is 3.69. The zero-order valence-corrected chi connectivity index (χ0v) is 8.03. The Labute approximate surface area is 82.7 Å². The first-order valence-electron chi connectivity index (χ1n) is 4.71. The zero-order valence-electron chi connectivity index (χ0n) is 8.03. The van der Waals surface area contributed by atoms with Crippen LogP contribution in [-0.4, -0.2) is 23.5 Å². The van der Waals surface area contributed by atoms with Crippen LogP contribution in [-0.2, 0) is 4.79 Å². The largest absolute Gasteiger partial charge is 0.351 e. The highest BCUT2D eigenvalue weighted by Crippen LogP contribution is 2.14. The molecule has 0 saturated carbocycles. The first kappa shape index (κ1) is 9.15. The van der Waals surface area contributed by atoms with Crippen molar-refractivity contribution in [2.45, 2.75) is 19.0 Å². The average molecular weight is 191 g/mol.